The van der Waals surface area contributed by atoms with Gasteiger partial charge in [-0.2, -0.15) is 0 Å². The second-order valence-corrected chi connectivity index (χ2v) is 15.8. The van der Waals surface area contributed by atoms with Crippen LogP contribution < -0.4 is 4.90 Å². The van der Waals surface area contributed by atoms with Crippen molar-refractivity contribution in [3.05, 3.63) is 261 Å². The van der Waals surface area contributed by atoms with Gasteiger partial charge < -0.3 is 4.90 Å². The number of benzene rings is 11. The fourth-order valence-corrected chi connectivity index (χ4v) is 8.90. The number of fused-ring (bicyclic) bond motifs is 2. The van der Waals surface area contributed by atoms with Gasteiger partial charge in [-0.05, 0) is 131 Å². The molecule has 0 atom stereocenters. The molecule has 0 unspecified atom stereocenters. The van der Waals surface area contributed by atoms with Gasteiger partial charge >= 0.3 is 0 Å². The van der Waals surface area contributed by atoms with Crippen molar-refractivity contribution in [2.75, 3.05) is 4.90 Å². The van der Waals surface area contributed by atoms with Crippen molar-refractivity contribution in [1.82, 2.24) is 0 Å². The molecule has 11 aromatic carbocycles. The van der Waals surface area contributed by atoms with Crippen molar-refractivity contribution in [2.24, 2.45) is 0 Å². The molecular weight excluding hydrogens is 759 g/mol. The van der Waals surface area contributed by atoms with Gasteiger partial charge in [0.2, 0.25) is 0 Å². The standard InChI is InChI=1S/C62H43N/c1-4-16-45(17-5-1)58-40-35-51(43-61(58)47-18-6-2-7-19-47)44-30-36-53(37-31-44)63(55-26-14-25-52(42-55)57-29-15-24-46-20-10-12-27-56(46)57)54-38-32-49(33-39-54)60-41-34-48-21-11-13-28-59(48)62(60)50-22-8-3-9-23-50/h1-43H/i30D,31D,36D,37D. The Hall–Kier alpha value is -8.26. The molecule has 0 aliphatic rings. The first kappa shape index (κ1) is 33.5. The first-order valence-corrected chi connectivity index (χ1v) is 21.3. The van der Waals surface area contributed by atoms with Crippen molar-refractivity contribution < 1.29 is 5.48 Å². The molecule has 0 spiro atoms. The van der Waals surface area contributed by atoms with Crippen molar-refractivity contribution >= 4 is 38.6 Å². The van der Waals surface area contributed by atoms with E-state index in [2.05, 4.69) is 140 Å². The molecule has 11 rings (SSSR count). The molecule has 0 amide bonds. The number of hydrogen-bond acceptors (Lipinski definition) is 1. The highest BCUT2D eigenvalue weighted by atomic mass is 15.1. The van der Waals surface area contributed by atoms with E-state index in [4.69, 9.17) is 0 Å². The van der Waals surface area contributed by atoms with Gasteiger partial charge in [-0.3, -0.25) is 0 Å². The van der Waals surface area contributed by atoms with Gasteiger partial charge in [-0.1, -0.05) is 218 Å². The molecule has 0 bridgehead atoms. The van der Waals surface area contributed by atoms with Crippen LogP contribution in [0.4, 0.5) is 17.1 Å². The minimum absolute atomic E-state index is 0.113. The van der Waals surface area contributed by atoms with E-state index in [1.54, 1.807) is 0 Å². The molecule has 1 heteroatoms. The summed E-state index contributed by atoms with van der Waals surface area (Å²) in [5, 5.41) is 4.57. The molecule has 296 valence electrons. The molecule has 0 saturated carbocycles. The zero-order valence-electron chi connectivity index (χ0n) is 38.5. The summed E-state index contributed by atoms with van der Waals surface area (Å²) in [7, 11) is 0. The van der Waals surface area contributed by atoms with Crippen LogP contribution in [0.1, 0.15) is 5.48 Å². The number of nitrogens with zero attached hydrogens (tertiary/aromatic N) is 1. The molecule has 0 N–H and O–H groups in total. The number of hydrogen-bond donors (Lipinski definition) is 0. The number of rotatable bonds is 9. The van der Waals surface area contributed by atoms with Crippen molar-refractivity contribution in [2.45, 2.75) is 0 Å². The van der Waals surface area contributed by atoms with E-state index < -0.39 is 0 Å². The number of anilines is 3. The molecule has 1 nitrogen and oxygen atoms in total. The van der Waals surface area contributed by atoms with Gasteiger partial charge in [0, 0.05) is 17.1 Å². The third kappa shape index (κ3) is 7.37. The van der Waals surface area contributed by atoms with Crippen LogP contribution >= 0.6 is 0 Å². The summed E-state index contributed by atoms with van der Waals surface area (Å²) in [4.78, 5) is 1.88. The van der Waals surface area contributed by atoms with Crippen LogP contribution in [0.25, 0.3) is 88.3 Å². The average molecular weight is 806 g/mol. The maximum absolute atomic E-state index is 9.82. The van der Waals surface area contributed by atoms with Crippen molar-refractivity contribution in [1.29, 1.82) is 0 Å². The summed E-state index contributed by atoms with van der Waals surface area (Å²) in [6.45, 7) is 0. The molecule has 0 fully saturated rings. The SMILES string of the molecule is [2H]c1c([2H])c(N(c2ccc(-c3ccc4ccccc4c3-c3ccccc3)cc2)c2cccc(-c3cccc4ccccc34)c2)c([2H])c([2H])c1-c1ccc(-c2ccccc2)c(-c2ccccc2)c1. The van der Waals surface area contributed by atoms with E-state index in [9.17, 15) is 5.48 Å². The van der Waals surface area contributed by atoms with Crippen LogP contribution in [-0.2, 0) is 0 Å². The molecule has 0 aliphatic carbocycles. The monoisotopic (exact) mass is 805 g/mol. The topological polar surface area (TPSA) is 3.24 Å². The molecule has 63 heavy (non-hydrogen) atoms. The van der Waals surface area contributed by atoms with E-state index >= 15 is 0 Å². The van der Waals surface area contributed by atoms with E-state index in [1.807, 2.05) is 102 Å². The minimum atomic E-state index is -0.134. The largest absolute Gasteiger partial charge is 0.310 e. The van der Waals surface area contributed by atoms with Gasteiger partial charge in [0.05, 0.1) is 5.48 Å². The zero-order valence-corrected chi connectivity index (χ0v) is 34.5. The van der Waals surface area contributed by atoms with E-state index in [0.29, 0.717) is 16.9 Å². The summed E-state index contributed by atoms with van der Waals surface area (Å²) in [6.07, 6.45) is 0. The maximum atomic E-state index is 9.82. The van der Waals surface area contributed by atoms with Crippen molar-refractivity contribution in [3.63, 3.8) is 0 Å². The van der Waals surface area contributed by atoms with Crippen LogP contribution in [0.5, 0.6) is 0 Å². The fourth-order valence-electron chi connectivity index (χ4n) is 8.90. The lowest BCUT2D eigenvalue weighted by Gasteiger charge is -2.27. The van der Waals surface area contributed by atoms with Gasteiger partial charge in [0.25, 0.3) is 0 Å². The predicted molar refractivity (Wildman–Crippen MR) is 269 cm³/mol. The van der Waals surface area contributed by atoms with Crippen LogP contribution in [0, 0.1) is 0 Å². The van der Waals surface area contributed by atoms with E-state index in [-0.39, 0.29) is 35.4 Å². The summed E-state index contributed by atoms with van der Waals surface area (Å²) in [5.74, 6) is 0. The van der Waals surface area contributed by atoms with Crippen molar-refractivity contribution in [3.8, 4) is 66.8 Å². The highest BCUT2D eigenvalue weighted by Gasteiger charge is 2.18. The molecule has 11 aromatic rings. The highest BCUT2D eigenvalue weighted by molar-refractivity contribution is 6.04. The third-order valence-corrected chi connectivity index (χ3v) is 11.9. The lowest BCUT2D eigenvalue weighted by atomic mass is 9.89. The lowest BCUT2D eigenvalue weighted by Crippen LogP contribution is -2.10. The Labute approximate surface area is 375 Å². The maximum Gasteiger partial charge on any atom is 0.0645 e. The summed E-state index contributed by atoms with van der Waals surface area (Å²) >= 11 is 0. The Morgan fingerprint density at radius 3 is 1.49 bits per heavy atom. The normalized spacial score (nSPS) is 12.1. The third-order valence-electron chi connectivity index (χ3n) is 11.9. The Balaban J connectivity index is 1.09. The molecule has 0 aromatic heterocycles. The van der Waals surface area contributed by atoms with Gasteiger partial charge in [-0.25, -0.2) is 0 Å². The Bertz CT molecular complexity index is 3570. The zero-order chi connectivity index (χ0) is 45.4. The quantitative estimate of drug-likeness (QED) is 0.140. The molecular formula is C62H43N. The van der Waals surface area contributed by atoms with Crippen LogP contribution in [-0.4, -0.2) is 0 Å². The van der Waals surface area contributed by atoms with Crippen LogP contribution in [0.15, 0.2) is 261 Å². The fraction of sp³-hybridized carbons (Fsp3) is 0. The Morgan fingerprint density at radius 1 is 0.254 bits per heavy atom. The smallest absolute Gasteiger partial charge is 0.0645 e. The van der Waals surface area contributed by atoms with Crippen LogP contribution in [0.3, 0.4) is 0 Å². The molecule has 0 aliphatic heterocycles. The van der Waals surface area contributed by atoms with Gasteiger partial charge in [0.1, 0.15) is 0 Å². The predicted octanol–water partition coefficient (Wildman–Crippen LogP) is 17.5. The summed E-state index contributed by atoms with van der Waals surface area (Å²) in [5.41, 5.74) is 12.8. The Kier molecular flexibility index (Phi) is 8.84. The first-order valence-electron chi connectivity index (χ1n) is 23.3. The second kappa shape index (κ2) is 16.7. The second-order valence-electron chi connectivity index (χ2n) is 15.8. The molecule has 0 heterocycles. The van der Waals surface area contributed by atoms with E-state index in [0.717, 1.165) is 77.2 Å². The summed E-state index contributed by atoms with van der Waals surface area (Å²) in [6, 6.07) is 80.0. The highest BCUT2D eigenvalue weighted by Crippen LogP contribution is 2.43. The molecule has 0 saturated heterocycles. The molecule has 0 radical (unpaired) electrons. The minimum Gasteiger partial charge on any atom is -0.310 e. The lowest BCUT2D eigenvalue weighted by molar-refractivity contribution is 1.28. The summed E-state index contributed by atoms with van der Waals surface area (Å²) < 4.78 is 39.0. The Morgan fingerprint density at radius 2 is 0.778 bits per heavy atom. The average Bonchev–Trinajstić information content (AvgIpc) is 3.39. The van der Waals surface area contributed by atoms with Gasteiger partial charge in [-0.15, -0.1) is 0 Å². The first-order chi connectivity index (χ1) is 32.9. The van der Waals surface area contributed by atoms with Gasteiger partial charge in [0.15, 0.2) is 0 Å². The van der Waals surface area contributed by atoms with E-state index in [1.165, 1.54) is 0 Å². The van der Waals surface area contributed by atoms with Crippen LogP contribution in [0.2, 0.25) is 0 Å².